The minimum Gasteiger partial charge on any atom is -0.453 e. The number of carbonyl (C=O) groups is 4. The van der Waals surface area contributed by atoms with Crippen LogP contribution in [-0.2, 0) is 14.3 Å². The maximum atomic E-state index is 12.9. The summed E-state index contributed by atoms with van der Waals surface area (Å²) in [5.41, 5.74) is -0.615. The molecule has 0 radical (unpaired) electrons. The van der Waals surface area contributed by atoms with Crippen LogP contribution in [0.1, 0.15) is 49.9 Å². The maximum absolute atomic E-state index is 12.9. The number of halogens is 1. The molecule has 8 heteroatoms. The first kappa shape index (κ1) is 20.3. The van der Waals surface area contributed by atoms with Gasteiger partial charge in [-0.05, 0) is 37.8 Å². The number of ether oxygens (including phenoxy) is 1. The molecule has 0 bridgehead atoms. The van der Waals surface area contributed by atoms with Crippen LogP contribution in [0.4, 0.5) is 4.79 Å². The predicted molar refractivity (Wildman–Crippen MR) is 102 cm³/mol. The average Bonchev–Trinajstić information content (AvgIpc) is 2.88. The SMILES string of the molecule is C[C@H](OC(=O)CN1C(=O)N[C@@]2(CCCC[C@@H]2C)C1=O)C(=O)c1cccc(Cl)c1. The number of nitrogens with one attached hydrogen (secondary N) is 1. The highest BCUT2D eigenvalue weighted by atomic mass is 35.5. The molecule has 3 amide bonds. The molecule has 1 saturated heterocycles. The van der Waals surface area contributed by atoms with Crippen LogP contribution in [0, 0.1) is 5.92 Å². The van der Waals surface area contributed by atoms with Crippen molar-refractivity contribution in [2.24, 2.45) is 5.92 Å². The highest BCUT2D eigenvalue weighted by Crippen LogP contribution is 2.38. The maximum Gasteiger partial charge on any atom is 0.326 e. The van der Waals surface area contributed by atoms with E-state index in [-0.39, 0.29) is 5.92 Å². The zero-order valence-electron chi connectivity index (χ0n) is 15.9. The lowest BCUT2D eigenvalue weighted by atomic mass is 9.73. The molecule has 1 aromatic carbocycles. The number of benzene rings is 1. The Morgan fingerprint density at radius 3 is 2.79 bits per heavy atom. The first-order valence-corrected chi connectivity index (χ1v) is 9.76. The number of nitrogens with zero attached hydrogens (tertiary/aromatic N) is 1. The molecule has 150 valence electrons. The van der Waals surface area contributed by atoms with E-state index in [1.54, 1.807) is 18.2 Å². The quantitative estimate of drug-likeness (QED) is 0.461. The van der Waals surface area contributed by atoms with Crippen LogP contribution < -0.4 is 5.32 Å². The van der Waals surface area contributed by atoms with E-state index in [0.29, 0.717) is 17.0 Å². The van der Waals surface area contributed by atoms with E-state index in [4.69, 9.17) is 16.3 Å². The largest absolute Gasteiger partial charge is 0.453 e. The third-order valence-corrected chi connectivity index (χ3v) is 5.81. The number of rotatable bonds is 5. The fraction of sp³-hybridized carbons (Fsp3) is 0.500. The van der Waals surface area contributed by atoms with Crippen LogP contribution in [-0.4, -0.2) is 46.8 Å². The lowest BCUT2D eigenvalue weighted by molar-refractivity contribution is -0.150. The molecule has 7 nitrogen and oxygen atoms in total. The highest BCUT2D eigenvalue weighted by molar-refractivity contribution is 6.31. The van der Waals surface area contributed by atoms with Gasteiger partial charge in [-0.2, -0.15) is 0 Å². The summed E-state index contributed by atoms with van der Waals surface area (Å²) in [4.78, 5) is 50.8. The molecule has 28 heavy (non-hydrogen) atoms. The number of carbonyl (C=O) groups excluding carboxylic acids is 4. The monoisotopic (exact) mass is 406 g/mol. The number of hydrogen-bond acceptors (Lipinski definition) is 5. The van der Waals surface area contributed by atoms with Gasteiger partial charge in [0.15, 0.2) is 6.10 Å². The van der Waals surface area contributed by atoms with Gasteiger partial charge in [-0.3, -0.25) is 19.3 Å². The van der Waals surface area contributed by atoms with Crippen molar-refractivity contribution >= 4 is 35.3 Å². The summed E-state index contributed by atoms with van der Waals surface area (Å²) in [6, 6.07) is 5.73. The summed E-state index contributed by atoms with van der Waals surface area (Å²) >= 11 is 5.88. The molecule has 1 aliphatic carbocycles. The first-order valence-electron chi connectivity index (χ1n) is 9.38. The molecule has 1 N–H and O–H groups in total. The molecule has 3 atom stereocenters. The van der Waals surface area contributed by atoms with Crippen molar-refractivity contribution in [1.29, 1.82) is 0 Å². The fourth-order valence-electron chi connectivity index (χ4n) is 3.93. The number of urea groups is 1. The number of amides is 3. The number of esters is 1. The molecule has 3 rings (SSSR count). The Hall–Kier alpha value is -2.41. The predicted octanol–water partition coefficient (Wildman–Crippen LogP) is 2.96. The van der Waals surface area contributed by atoms with Crippen LogP contribution in [0.3, 0.4) is 0 Å². The molecule has 1 aromatic rings. The van der Waals surface area contributed by atoms with Gasteiger partial charge in [-0.25, -0.2) is 4.79 Å². The summed E-state index contributed by atoms with van der Waals surface area (Å²) in [5, 5.41) is 3.18. The average molecular weight is 407 g/mol. The zero-order chi connectivity index (χ0) is 20.5. The third-order valence-electron chi connectivity index (χ3n) is 5.58. The van der Waals surface area contributed by atoms with E-state index in [1.807, 2.05) is 6.92 Å². The summed E-state index contributed by atoms with van der Waals surface area (Å²) < 4.78 is 5.16. The second-order valence-corrected chi connectivity index (χ2v) is 7.88. The zero-order valence-corrected chi connectivity index (χ0v) is 16.6. The number of hydrogen-bond donors (Lipinski definition) is 1. The number of Topliss-reactive ketones (excluding diaryl/α,β-unsaturated/α-hetero) is 1. The summed E-state index contributed by atoms with van der Waals surface area (Å²) in [6.45, 7) is 2.86. The first-order chi connectivity index (χ1) is 13.2. The van der Waals surface area contributed by atoms with Gasteiger partial charge in [-0.15, -0.1) is 0 Å². The third kappa shape index (κ3) is 3.76. The van der Waals surface area contributed by atoms with E-state index in [9.17, 15) is 19.2 Å². The van der Waals surface area contributed by atoms with E-state index >= 15 is 0 Å². The van der Waals surface area contributed by atoms with Gasteiger partial charge in [0.1, 0.15) is 12.1 Å². The van der Waals surface area contributed by atoms with Gasteiger partial charge >= 0.3 is 12.0 Å². The van der Waals surface area contributed by atoms with E-state index in [1.165, 1.54) is 13.0 Å². The van der Waals surface area contributed by atoms with Crippen molar-refractivity contribution in [3.8, 4) is 0 Å². The molecular weight excluding hydrogens is 384 g/mol. The number of ketones is 1. The van der Waals surface area contributed by atoms with Gasteiger partial charge < -0.3 is 10.1 Å². The van der Waals surface area contributed by atoms with Crippen LogP contribution in [0.2, 0.25) is 5.02 Å². The molecule has 0 unspecified atom stereocenters. The summed E-state index contributed by atoms with van der Waals surface area (Å²) in [7, 11) is 0. The second kappa shape index (κ2) is 7.91. The van der Waals surface area contributed by atoms with Gasteiger partial charge in [0.05, 0.1) is 0 Å². The van der Waals surface area contributed by atoms with Crippen molar-refractivity contribution in [3.05, 3.63) is 34.9 Å². The van der Waals surface area contributed by atoms with Gasteiger partial charge in [0.25, 0.3) is 5.91 Å². The molecule has 1 spiro atoms. The van der Waals surface area contributed by atoms with E-state index in [2.05, 4.69) is 5.32 Å². The van der Waals surface area contributed by atoms with Crippen LogP contribution in [0.15, 0.2) is 24.3 Å². The summed E-state index contributed by atoms with van der Waals surface area (Å²) in [6.07, 6.45) is 2.20. The Labute approximate surface area is 168 Å². The van der Waals surface area contributed by atoms with Crippen LogP contribution in [0.25, 0.3) is 0 Å². The van der Waals surface area contributed by atoms with Crippen molar-refractivity contribution < 1.29 is 23.9 Å². The van der Waals surface area contributed by atoms with Crippen molar-refractivity contribution in [3.63, 3.8) is 0 Å². The minimum atomic E-state index is -1.06. The van der Waals surface area contributed by atoms with Crippen molar-refractivity contribution in [2.45, 2.75) is 51.2 Å². The smallest absolute Gasteiger partial charge is 0.326 e. The Bertz CT molecular complexity index is 827. The summed E-state index contributed by atoms with van der Waals surface area (Å²) in [5.74, 6) is -1.62. The van der Waals surface area contributed by atoms with Crippen molar-refractivity contribution in [2.75, 3.05) is 6.54 Å². The van der Waals surface area contributed by atoms with Crippen LogP contribution >= 0.6 is 11.6 Å². The Balaban J connectivity index is 1.63. The van der Waals surface area contributed by atoms with Crippen molar-refractivity contribution in [1.82, 2.24) is 10.2 Å². The van der Waals surface area contributed by atoms with E-state index in [0.717, 1.165) is 24.2 Å². The van der Waals surface area contributed by atoms with Gasteiger partial charge in [0, 0.05) is 10.6 Å². The molecule has 0 aromatic heterocycles. The lowest BCUT2D eigenvalue weighted by Crippen LogP contribution is -2.54. The highest BCUT2D eigenvalue weighted by Gasteiger charge is 2.55. The number of imide groups is 1. The van der Waals surface area contributed by atoms with E-state index < -0.39 is 41.9 Å². The molecule has 2 aliphatic rings. The lowest BCUT2D eigenvalue weighted by Gasteiger charge is -2.36. The molecular formula is C20H23ClN2O5. The van der Waals surface area contributed by atoms with Gasteiger partial charge in [0.2, 0.25) is 5.78 Å². The topological polar surface area (TPSA) is 92.8 Å². The molecule has 1 heterocycles. The van der Waals surface area contributed by atoms with Gasteiger partial charge in [-0.1, -0.05) is 43.5 Å². The Morgan fingerprint density at radius 2 is 2.11 bits per heavy atom. The Kier molecular flexibility index (Phi) is 5.74. The minimum absolute atomic E-state index is 0.00190. The molecule has 1 saturated carbocycles. The molecule has 2 fully saturated rings. The van der Waals surface area contributed by atoms with Crippen LogP contribution in [0.5, 0.6) is 0 Å². The fourth-order valence-corrected chi connectivity index (χ4v) is 4.12. The second-order valence-electron chi connectivity index (χ2n) is 7.45. The molecule has 1 aliphatic heterocycles. The standard InChI is InChI=1S/C20H23ClN2O5/c1-12-6-3-4-9-20(12)18(26)23(19(27)22-20)11-16(24)28-13(2)17(25)14-7-5-8-15(21)10-14/h5,7-8,10,12-13H,3-4,6,9,11H2,1-2H3,(H,22,27)/t12-,13-,20+/m0/s1. The normalized spacial score (nSPS) is 25.5. The Morgan fingerprint density at radius 1 is 1.36 bits per heavy atom.